The minimum Gasteiger partial charge on any atom is -0.469 e. The van der Waals surface area contributed by atoms with Crippen molar-refractivity contribution in [3.8, 4) is 17.2 Å². The Morgan fingerprint density at radius 1 is 1.04 bits per heavy atom. The van der Waals surface area contributed by atoms with Crippen molar-refractivity contribution >= 4 is 11.0 Å². The van der Waals surface area contributed by atoms with Gasteiger partial charge in [0.2, 0.25) is 6.33 Å². The van der Waals surface area contributed by atoms with Gasteiger partial charge >= 0.3 is 0 Å². The number of benzene rings is 2. The Kier molecular flexibility index (Phi) is 3.57. The van der Waals surface area contributed by atoms with Crippen LogP contribution in [0.4, 0.5) is 0 Å². The molecule has 5 rings (SSSR count). The second-order valence-electron chi connectivity index (χ2n) is 10.3. The molecule has 0 bridgehead atoms. The van der Waals surface area contributed by atoms with E-state index in [0.717, 1.165) is 29.2 Å². The van der Waals surface area contributed by atoms with Crippen LogP contribution in [0, 0.1) is 12.2 Å². The number of imidazole rings is 1. The summed E-state index contributed by atoms with van der Waals surface area (Å²) < 4.78 is 10.9. The summed E-state index contributed by atoms with van der Waals surface area (Å²) >= 11 is 0. The van der Waals surface area contributed by atoms with E-state index in [-0.39, 0.29) is 10.8 Å². The zero-order valence-electron chi connectivity index (χ0n) is 17.9. The van der Waals surface area contributed by atoms with Crippen LogP contribution in [0.15, 0.2) is 30.3 Å². The molecular formula is C25H30N2O. The van der Waals surface area contributed by atoms with Gasteiger partial charge in [-0.2, -0.15) is 0 Å². The predicted molar refractivity (Wildman–Crippen MR) is 113 cm³/mol. The first kappa shape index (κ1) is 17.8. The molecular weight excluding hydrogens is 344 g/mol. The average molecular weight is 375 g/mol. The lowest BCUT2D eigenvalue weighted by Crippen LogP contribution is -2.37. The van der Waals surface area contributed by atoms with Gasteiger partial charge < -0.3 is 13.9 Å². The number of para-hydroxylation sites is 1. The molecule has 1 aromatic heterocycles. The van der Waals surface area contributed by atoms with Crippen molar-refractivity contribution in [1.29, 1.82) is 0 Å². The highest BCUT2D eigenvalue weighted by molar-refractivity contribution is 5.81. The molecule has 3 nitrogen and oxygen atoms in total. The fourth-order valence-electron chi connectivity index (χ4n) is 4.90. The van der Waals surface area contributed by atoms with E-state index in [0.29, 0.717) is 5.92 Å². The molecule has 3 aromatic rings. The topological polar surface area (TPSA) is 18.0 Å². The number of hydrogen-bond donors (Lipinski definition) is 0. The van der Waals surface area contributed by atoms with Gasteiger partial charge in [0.15, 0.2) is 0 Å². The van der Waals surface area contributed by atoms with E-state index < -0.39 is 0 Å². The number of hydrogen-bond acceptors (Lipinski definition) is 1. The Hall–Kier alpha value is -2.29. The predicted octanol–water partition coefficient (Wildman–Crippen LogP) is 5.83. The molecule has 0 unspecified atom stereocenters. The first-order valence-electron chi connectivity index (χ1n) is 10.5. The summed E-state index contributed by atoms with van der Waals surface area (Å²) in [6.45, 7) is 14.9. The van der Waals surface area contributed by atoms with Gasteiger partial charge in [-0.3, -0.25) is 0 Å². The molecule has 1 aliphatic carbocycles. The number of nitrogens with zero attached hydrogens (tertiary/aromatic N) is 2. The summed E-state index contributed by atoms with van der Waals surface area (Å²) in [5.41, 5.74) is 6.68. The van der Waals surface area contributed by atoms with E-state index in [1.807, 2.05) is 0 Å². The van der Waals surface area contributed by atoms with Crippen molar-refractivity contribution in [1.82, 2.24) is 4.57 Å². The molecule has 0 spiro atoms. The van der Waals surface area contributed by atoms with Gasteiger partial charge in [0, 0.05) is 0 Å². The molecule has 2 aliphatic rings. The van der Waals surface area contributed by atoms with E-state index in [9.17, 15) is 0 Å². The molecule has 0 saturated carbocycles. The summed E-state index contributed by atoms with van der Waals surface area (Å²) in [5.74, 6) is 2.44. The van der Waals surface area contributed by atoms with Crippen molar-refractivity contribution in [2.24, 2.45) is 5.92 Å². The number of rotatable bonds is 2. The Labute approximate surface area is 168 Å². The van der Waals surface area contributed by atoms with Gasteiger partial charge in [0.05, 0.1) is 23.3 Å². The monoisotopic (exact) mass is 374 g/mol. The molecule has 28 heavy (non-hydrogen) atoms. The second-order valence-corrected chi connectivity index (χ2v) is 10.3. The van der Waals surface area contributed by atoms with Gasteiger partial charge in [-0.25, -0.2) is 0 Å². The zero-order chi connectivity index (χ0) is 19.8. The Morgan fingerprint density at radius 3 is 2.39 bits per heavy atom. The van der Waals surface area contributed by atoms with Gasteiger partial charge in [-0.1, -0.05) is 53.7 Å². The summed E-state index contributed by atoms with van der Waals surface area (Å²) in [6.07, 6.45) is 6.04. The molecule has 2 heterocycles. The first-order chi connectivity index (χ1) is 13.2. The van der Waals surface area contributed by atoms with Crippen LogP contribution < -0.4 is 9.30 Å². The summed E-state index contributed by atoms with van der Waals surface area (Å²) in [5, 5.41) is 0. The fraction of sp³-hybridized carbons (Fsp3) is 0.480. The van der Waals surface area contributed by atoms with Crippen molar-refractivity contribution in [2.75, 3.05) is 0 Å². The first-order valence-corrected chi connectivity index (χ1v) is 10.5. The molecule has 0 fully saturated rings. The molecule has 146 valence electrons. The van der Waals surface area contributed by atoms with Crippen molar-refractivity contribution in [3.05, 3.63) is 47.8 Å². The van der Waals surface area contributed by atoms with E-state index in [1.165, 1.54) is 29.5 Å². The van der Waals surface area contributed by atoms with Crippen LogP contribution in [0.25, 0.3) is 16.7 Å². The van der Waals surface area contributed by atoms with E-state index >= 15 is 0 Å². The smallest absolute Gasteiger partial charge is 0.244 e. The largest absolute Gasteiger partial charge is 0.469 e. The summed E-state index contributed by atoms with van der Waals surface area (Å²) in [6, 6.07) is 11.0. The number of ether oxygens (including phenoxy) is 1. The number of aromatic nitrogens is 2. The maximum Gasteiger partial charge on any atom is 0.244 e. The minimum absolute atomic E-state index is 0.174. The van der Waals surface area contributed by atoms with Crippen molar-refractivity contribution < 1.29 is 9.30 Å². The average Bonchev–Trinajstić information content (AvgIpc) is 2.98. The number of fused-ring (bicyclic) bond motifs is 3. The molecule has 0 amide bonds. The van der Waals surface area contributed by atoms with Crippen LogP contribution in [0.5, 0.6) is 11.5 Å². The molecule has 2 aromatic carbocycles. The molecule has 0 radical (unpaired) electrons. The molecule has 0 atom stereocenters. The van der Waals surface area contributed by atoms with Gasteiger partial charge in [-0.15, -0.1) is 0 Å². The highest BCUT2D eigenvalue weighted by Crippen LogP contribution is 2.49. The van der Waals surface area contributed by atoms with Crippen LogP contribution in [0.1, 0.15) is 65.5 Å². The highest BCUT2D eigenvalue weighted by atomic mass is 16.5. The Morgan fingerprint density at radius 2 is 1.71 bits per heavy atom. The lowest BCUT2D eigenvalue weighted by molar-refractivity contribution is -0.575. The van der Waals surface area contributed by atoms with Crippen LogP contribution >= 0.6 is 0 Å². The maximum absolute atomic E-state index is 6.44. The quantitative estimate of drug-likeness (QED) is 0.319. The lowest BCUT2D eigenvalue weighted by atomic mass is 9.63. The zero-order valence-corrected chi connectivity index (χ0v) is 17.9. The third-order valence-corrected chi connectivity index (χ3v) is 6.65. The maximum atomic E-state index is 6.44. The lowest BCUT2D eigenvalue weighted by Gasteiger charge is -2.42. The van der Waals surface area contributed by atoms with Crippen LogP contribution in [-0.4, -0.2) is 4.57 Å². The third kappa shape index (κ3) is 2.45. The Balaban J connectivity index is 1.79. The standard InChI is InChI=1S/C25H30N2O/c1-16(2)14-26-15-27-20-12-17-18(25(5,6)11-10-24(17,3)4)13-22(20)28-21-9-7-8-19(26)23(21)27/h7-9,12-13,16H,10-11,14H2,1-6H3. The van der Waals surface area contributed by atoms with Crippen molar-refractivity contribution in [3.63, 3.8) is 0 Å². The second kappa shape index (κ2) is 5.62. The van der Waals surface area contributed by atoms with Crippen molar-refractivity contribution in [2.45, 2.75) is 71.8 Å². The molecule has 1 aliphatic heterocycles. The summed E-state index contributed by atoms with van der Waals surface area (Å²) in [7, 11) is 0. The molecule has 3 heteroatoms. The van der Waals surface area contributed by atoms with E-state index in [1.54, 1.807) is 0 Å². The van der Waals surface area contributed by atoms with E-state index in [2.05, 4.69) is 87.3 Å². The molecule has 0 saturated heterocycles. The normalized spacial score (nSPS) is 18.7. The molecule has 0 N–H and O–H groups in total. The minimum atomic E-state index is 0.174. The van der Waals surface area contributed by atoms with Crippen LogP contribution in [0.3, 0.4) is 0 Å². The fourth-order valence-corrected chi connectivity index (χ4v) is 4.90. The third-order valence-electron chi connectivity index (χ3n) is 6.65. The Bertz CT molecular complexity index is 1100. The van der Waals surface area contributed by atoms with Crippen LogP contribution in [-0.2, 0) is 17.4 Å². The van der Waals surface area contributed by atoms with Crippen LogP contribution in [0.2, 0.25) is 0 Å². The van der Waals surface area contributed by atoms with Gasteiger partial charge in [-0.05, 0) is 58.9 Å². The van der Waals surface area contributed by atoms with E-state index in [4.69, 9.17) is 4.74 Å². The van der Waals surface area contributed by atoms with Gasteiger partial charge in [0.25, 0.3) is 0 Å². The highest BCUT2D eigenvalue weighted by Gasteiger charge is 2.38. The summed E-state index contributed by atoms with van der Waals surface area (Å²) in [4.78, 5) is 0. The SMILES string of the molecule is CC(C)Cn1[c-][n+]2c3c(cccc31)Oc1cc3c(cc1-2)C(C)(C)CCC3(C)C. The van der Waals surface area contributed by atoms with Gasteiger partial charge in [0.1, 0.15) is 11.5 Å².